The summed E-state index contributed by atoms with van der Waals surface area (Å²) in [6.45, 7) is 2.25. The minimum absolute atomic E-state index is 0.00757. The Kier molecular flexibility index (Phi) is 6.44. The SMILES string of the molecule is CC(=O)NC(CC(=O)NCC1CCCCC1)c1ccccc1. The van der Waals surface area contributed by atoms with Crippen LogP contribution in [-0.2, 0) is 9.59 Å². The van der Waals surface area contributed by atoms with E-state index in [9.17, 15) is 9.59 Å². The Hall–Kier alpha value is -1.84. The van der Waals surface area contributed by atoms with Crippen LogP contribution in [0, 0.1) is 5.92 Å². The zero-order chi connectivity index (χ0) is 15.8. The molecule has 0 bridgehead atoms. The van der Waals surface area contributed by atoms with Gasteiger partial charge in [-0.2, -0.15) is 0 Å². The Labute approximate surface area is 132 Å². The van der Waals surface area contributed by atoms with Crippen molar-refractivity contribution < 1.29 is 9.59 Å². The van der Waals surface area contributed by atoms with Gasteiger partial charge in [-0.15, -0.1) is 0 Å². The third kappa shape index (κ3) is 5.51. The molecule has 2 rings (SSSR count). The predicted molar refractivity (Wildman–Crippen MR) is 87.2 cm³/mol. The molecule has 0 radical (unpaired) electrons. The molecule has 1 aliphatic carbocycles. The average molecular weight is 302 g/mol. The average Bonchev–Trinajstić information content (AvgIpc) is 2.54. The zero-order valence-electron chi connectivity index (χ0n) is 13.3. The Bertz CT molecular complexity index is 481. The van der Waals surface area contributed by atoms with Crippen LogP contribution in [-0.4, -0.2) is 18.4 Å². The number of benzene rings is 1. The van der Waals surface area contributed by atoms with Gasteiger partial charge in [0.25, 0.3) is 0 Å². The van der Waals surface area contributed by atoms with Crippen LogP contribution in [0.3, 0.4) is 0 Å². The lowest BCUT2D eigenvalue weighted by Crippen LogP contribution is -2.35. The molecule has 0 aromatic heterocycles. The Morgan fingerprint density at radius 3 is 2.45 bits per heavy atom. The number of hydrogen-bond donors (Lipinski definition) is 2. The van der Waals surface area contributed by atoms with Crippen molar-refractivity contribution in [2.24, 2.45) is 5.92 Å². The van der Waals surface area contributed by atoms with E-state index < -0.39 is 0 Å². The van der Waals surface area contributed by atoms with Gasteiger partial charge in [-0.05, 0) is 24.3 Å². The highest BCUT2D eigenvalue weighted by Gasteiger charge is 2.18. The Balaban J connectivity index is 1.86. The summed E-state index contributed by atoms with van der Waals surface area (Å²) in [5.74, 6) is 0.510. The summed E-state index contributed by atoms with van der Waals surface area (Å²) in [4.78, 5) is 23.6. The fourth-order valence-electron chi connectivity index (χ4n) is 3.09. The van der Waals surface area contributed by atoms with Gasteiger partial charge in [-0.1, -0.05) is 49.6 Å². The van der Waals surface area contributed by atoms with Gasteiger partial charge in [0.2, 0.25) is 11.8 Å². The molecule has 4 nitrogen and oxygen atoms in total. The Morgan fingerprint density at radius 1 is 1.14 bits per heavy atom. The molecule has 22 heavy (non-hydrogen) atoms. The maximum absolute atomic E-state index is 12.2. The minimum Gasteiger partial charge on any atom is -0.356 e. The highest BCUT2D eigenvalue weighted by Crippen LogP contribution is 2.23. The number of rotatable bonds is 6. The zero-order valence-corrected chi connectivity index (χ0v) is 13.3. The van der Waals surface area contributed by atoms with Gasteiger partial charge < -0.3 is 10.6 Å². The molecule has 1 aromatic rings. The van der Waals surface area contributed by atoms with Crippen molar-refractivity contribution in [3.8, 4) is 0 Å². The van der Waals surface area contributed by atoms with Crippen molar-refractivity contribution >= 4 is 11.8 Å². The second kappa shape index (κ2) is 8.57. The van der Waals surface area contributed by atoms with Crippen LogP contribution in [0.25, 0.3) is 0 Å². The summed E-state index contributed by atoms with van der Waals surface area (Å²) in [7, 11) is 0. The molecule has 0 heterocycles. The largest absolute Gasteiger partial charge is 0.356 e. The van der Waals surface area contributed by atoms with Crippen molar-refractivity contribution in [2.75, 3.05) is 6.54 Å². The molecule has 1 atom stereocenters. The summed E-state index contributed by atoms with van der Waals surface area (Å²) in [5, 5.41) is 5.90. The van der Waals surface area contributed by atoms with Crippen LogP contribution in [0.5, 0.6) is 0 Å². The van der Waals surface area contributed by atoms with Gasteiger partial charge in [0, 0.05) is 13.5 Å². The van der Waals surface area contributed by atoms with E-state index >= 15 is 0 Å². The standard InChI is InChI=1S/C18H26N2O2/c1-14(21)20-17(16-10-6-3-7-11-16)12-18(22)19-13-15-8-4-2-5-9-15/h3,6-7,10-11,15,17H,2,4-5,8-9,12-13H2,1H3,(H,19,22)(H,20,21). The lowest BCUT2D eigenvalue weighted by Gasteiger charge is -2.23. The third-order valence-corrected chi connectivity index (χ3v) is 4.28. The third-order valence-electron chi connectivity index (χ3n) is 4.28. The topological polar surface area (TPSA) is 58.2 Å². The van der Waals surface area contributed by atoms with Crippen LogP contribution in [0.15, 0.2) is 30.3 Å². The van der Waals surface area contributed by atoms with Gasteiger partial charge in [0.05, 0.1) is 12.5 Å². The summed E-state index contributed by atoms with van der Waals surface area (Å²) < 4.78 is 0. The number of carbonyl (C=O) groups excluding carboxylic acids is 2. The van der Waals surface area contributed by atoms with Crippen molar-refractivity contribution in [3.05, 3.63) is 35.9 Å². The normalized spacial score (nSPS) is 16.8. The van der Waals surface area contributed by atoms with Crippen molar-refractivity contribution in [1.29, 1.82) is 0 Å². The molecule has 0 aliphatic heterocycles. The second-order valence-corrected chi connectivity index (χ2v) is 6.18. The van der Waals surface area contributed by atoms with Crippen LogP contribution in [0.1, 0.15) is 57.1 Å². The van der Waals surface area contributed by atoms with Crippen molar-refractivity contribution in [3.63, 3.8) is 0 Å². The molecule has 1 aromatic carbocycles. The van der Waals surface area contributed by atoms with Gasteiger partial charge in [-0.25, -0.2) is 0 Å². The molecule has 120 valence electrons. The Morgan fingerprint density at radius 2 is 1.82 bits per heavy atom. The van der Waals surface area contributed by atoms with E-state index in [1.807, 2.05) is 30.3 Å². The molecular formula is C18H26N2O2. The highest BCUT2D eigenvalue weighted by molar-refractivity contribution is 5.79. The molecule has 0 saturated heterocycles. The number of nitrogens with one attached hydrogen (secondary N) is 2. The number of hydrogen-bond acceptors (Lipinski definition) is 2. The molecule has 1 aliphatic rings. The maximum atomic E-state index is 12.2. The highest BCUT2D eigenvalue weighted by atomic mass is 16.2. The monoisotopic (exact) mass is 302 g/mol. The second-order valence-electron chi connectivity index (χ2n) is 6.18. The first kappa shape index (κ1) is 16.5. The van der Waals surface area contributed by atoms with Gasteiger partial charge >= 0.3 is 0 Å². The predicted octanol–water partition coefficient (Wildman–Crippen LogP) is 2.95. The van der Waals surface area contributed by atoms with Gasteiger partial charge in [-0.3, -0.25) is 9.59 Å². The van der Waals surface area contributed by atoms with Crippen LogP contribution in [0.4, 0.5) is 0 Å². The van der Waals surface area contributed by atoms with Crippen LogP contribution >= 0.6 is 0 Å². The molecule has 4 heteroatoms. The molecular weight excluding hydrogens is 276 g/mol. The van der Waals surface area contributed by atoms with E-state index in [-0.39, 0.29) is 24.3 Å². The van der Waals surface area contributed by atoms with E-state index in [0.717, 1.165) is 12.1 Å². The lowest BCUT2D eigenvalue weighted by molar-refractivity contribution is -0.123. The first-order chi connectivity index (χ1) is 10.6. The fourth-order valence-corrected chi connectivity index (χ4v) is 3.09. The number of amides is 2. The first-order valence-corrected chi connectivity index (χ1v) is 8.24. The fraction of sp³-hybridized carbons (Fsp3) is 0.556. The summed E-state index contributed by atoms with van der Waals surface area (Å²) in [6.07, 6.45) is 6.60. The molecule has 1 saturated carbocycles. The van der Waals surface area contributed by atoms with E-state index in [1.165, 1.54) is 39.0 Å². The molecule has 0 spiro atoms. The van der Waals surface area contributed by atoms with E-state index in [0.29, 0.717) is 5.92 Å². The van der Waals surface area contributed by atoms with Crippen LogP contribution in [0.2, 0.25) is 0 Å². The number of carbonyl (C=O) groups is 2. The van der Waals surface area contributed by atoms with E-state index in [4.69, 9.17) is 0 Å². The van der Waals surface area contributed by atoms with Crippen molar-refractivity contribution in [2.45, 2.75) is 51.5 Å². The molecule has 2 N–H and O–H groups in total. The smallest absolute Gasteiger partial charge is 0.222 e. The van der Waals surface area contributed by atoms with E-state index in [1.54, 1.807) is 0 Å². The van der Waals surface area contributed by atoms with Crippen molar-refractivity contribution in [1.82, 2.24) is 10.6 Å². The molecule has 1 fully saturated rings. The van der Waals surface area contributed by atoms with Gasteiger partial charge in [0.15, 0.2) is 0 Å². The molecule has 1 unspecified atom stereocenters. The summed E-state index contributed by atoms with van der Waals surface area (Å²) >= 11 is 0. The lowest BCUT2D eigenvalue weighted by atomic mass is 9.89. The minimum atomic E-state index is -0.259. The summed E-state index contributed by atoms with van der Waals surface area (Å²) in [5.41, 5.74) is 0.963. The van der Waals surface area contributed by atoms with E-state index in [2.05, 4.69) is 10.6 Å². The molecule has 2 amide bonds. The first-order valence-electron chi connectivity index (χ1n) is 8.24. The van der Waals surface area contributed by atoms with Crippen LogP contribution < -0.4 is 10.6 Å². The van der Waals surface area contributed by atoms with Gasteiger partial charge in [0.1, 0.15) is 0 Å². The summed E-state index contributed by atoms with van der Waals surface area (Å²) in [6, 6.07) is 9.39. The quantitative estimate of drug-likeness (QED) is 0.849. The maximum Gasteiger partial charge on any atom is 0.222 e.